The number of carbonyl (C=O) groups excluding carboxylic acids is 3. The second-order valence-corrected chi connectivity index (χ2v) is 8.33. The lowest BCUT2D eigenvalue weighted by Gasteiger charge is -2.12. The molecular weight excluding hydrogens is 386 g/mol. The number of anilines is 1. The Bertz CT molecular complexity index is 801. The van der Waals surface area contributed by atoms with Gasteiger partial charge in [0.25, 0.3) is 5.91 Å². The first-order valence-corrected chi connectivity index (χ1v) is 10.6. The van der Waals surface area contributed by atoms with Crippen molar-refractivity contribution in [3.8, 4) is 0 Å². The number of carbonyl (C=O) groups is 3. The maximum Gasteiger partial charge on any atom is 0.307 e. The largest absolute Gasteiger partial charge is 0.456 e. The summed E-state index contributed by atoms with van der Waals surface area (Å²) in [5.41, 5.74) is 0.478. The molecule has 1 aromatic rings. The minimum atomic E-state index is -3.80. The molecule has 28 heavy (non-hydrogen) atoms. The molecule has 0 aromatic heterocycles. The molecular formula is C18H25N3O6S. The van der Waals surface area contributed by atoms with E-state index in [9.17, 15) is 22.8 Å². The van der Waals surface area contributed by atoms with Gasteiger partial charge in [0.05, 0.1) is 11.3 Å². The predicted octanol–water partition coefficient (Wildman–Crippen LogP) is 0.915. The van der Waals surface area contributed by atoms with Crippen LogP contribution in [-0.4, -0.2) is 45.4 Å². The summed E-state index contributed by atoms with van der Waals surface area (Å²) >= 11 is 0. The van der Waals surface area contributed by atoms with Gasteiger partial charge < -0.3 is 15.4 Å². The van der Waals surface area contributed by atoms with E-state index in [1.54, 1.807) is 0 Å². The normalized spacial score (nSPS) is 14.5. The second kappa shape index (κ2) is 10.2. The van der Waals surface area contributed by atoms with Gasteiger partial charge in [-0.1, -0.05) is 12.8 Å². The van der Waals surface area contributed by atoms with Crippen LogP contribution in [0, 0.1) is 0 Å². The van der Waals surface area contributed by atoms with Crippen LogP contribution in [-0.2, 0) is 29.1 Å². The lowest BCUT2D eigenvalue weighted by atomic mass is 10.2. The third-order valence-electron chi connectivity index (χ3n) is 4.19. The van der Waals surface area contributed by atoms with Crippen LogP contribution in [0.1, 0.15) is 39.0 Å². The van der Waals surface area contributed by atoms with Crippen LogP contribution in [0.2, 0.25) is 0 Å². The fraction of sp³-hybridized carbons (Fsp3) is 0.500. The minimum Gasteiger partial charge on any atom is -0.456 e. The van der Waals surface area contributed by atoms with Crippen molar-refractivity contribution in [2.75, 3.05) is 18.5 Å². The predicted molar refractivity (Wildman–Crippen MR) is 102 cm³/mol. The van der Waals surface area contributed by atoms with E-state index in [0.717, 1.165) is 25.7 Å². The van der Waals surface area contributed by atoms with E-state index in [4.69, 9.17) is 4.74 Å². The van der Waals surface area contributed by atoms with Gasteiger partial charge >= 0.3 is 5.97 Å². The Morgan fingerprint density at radius 2 is 1.75 bits per heavy atom. The number of benzene rings is 1. The lowest BCUT2D eigenvalue weighted by molar-refractivity contribution is -0.148. The van der Waals surface area contributed by atoms with E-state index in [1.165, 1.54) is 31.2 Å². The van der Waals surface area contributed by atoms with Crippen molar-refractivity contribution in [3.05, 3.63) is 24.3 Å². The van der Waals surface area contributed by atoms with Gasteiger partial charge in [-0.05, 0) is 37.1 Å². The molecule has 3 N–H and O–H groups in total. The van der Waals surface area contributed by atoms with Crippen molar-refractivity contribution in [1.82, 2.24) is 10.0 Å². The zero-order chi connectivity index (χ0) is 20.6. The van der Waals surface area contributed by atoms with E-state index in [0.29, 0.717) is 5.69 Å². The number of hydrogen-bond donors (Lipinski definition) is 3. The van der Waals surface area contributed by atoms with E-state index in [1.807, 2.05) is 0 Å². The first-order valence-electron chi connectivity index (χ1n) is 9.08. The van der Waals surface area contributed by atoms with Gasteiger partial charge in [-0.3, -0.25) is 14.4 Å². The number of esters is 1. The van der Waals surface area contributed by atoms with Gasteiger partial charge in [-0.15, -0.1) is 0 Å². The summed E-state index contributed by atoms with van der Waals surface area (Å²) in [5.74, 6) is -1.27. The summed E-state index contributed by atoms with van der Waals surface area (Å²) in [6.07, 6.45) is 3.85. The molecule has 1 saturated carbocycles. The van der Waals surface area contributed by atoms with E-state index in [-0.39, 0.29) is 42.3 Å². The first-order chi connectivity index (χ1) is 13.3. The molecule has 0 bridgehead atoms. The zero-order valence-corrected chi connectivity index (χ0v) is 16.5. The molecule has 2 rings (SSSR count). The number of amides is 2. The molecule has 0 atom stereocenters. The molecule has 154 valence electrons. The molecule has 1 aliphatic carbocycles. The molecule has 1 fully saturated rings. The quantitative estimate of drug-likeness (QED) is 0.518. The number of ether oxygens (including phenoxy) is 1. The Balaban J connectivity index is 1.71. The maximum atomic E-state index is 12.2. The lowest BCUT2D eigenvalue weighted by Crippen LogP contribution is -2.36. The SMILES string of the molecule is CC(=O)Nc1ccc(S(=O)(=O)NCCC(=O)OCC(=O)NC2CCCC2)cc1. The van der Waals surface area contributed by atoms with Crippen LogP contribution >= 0.6 is 0 Å². The van der Waals surface area contributed by atoms with Crippen molar-refractivity contribution in [2.24, 2.45) is 0 Å². The van der Waals surface area contributed by atoms with Crippen molar-refractivity contribution < 1.29 is 27.5 Å². The molecule has 2 amide bonds. The Labute approximate surface area is 164 Å². The van der Waals surface area contributed by atoms with E-state index >= 15 is 0 Å². The van der Waals surface area contributed by atoms with E-state index in [2.05, 4.69) is 15.4 Å². The average Bonchev–Trinajstić information content (AvgIpc) is 3.13. The Morgan fingerprint density at radius 3 is 2.36 bits per heavy atom. The summed E-state index contributed by atoms with van der Waals surface area (Å²) in [4.78, 5) is 34.3. The summed E-state index contributed by atoms with van der Waals surface area (Å²) in [6, 6.07) is 5.77. The van der Waals surface area contributed by atoms with Gasteiger partial charge in [-0.2, -0.15) is 0 Å². The smallest absolute Gasteiger partial charge is 0.307 e. The highest BCUT2D eigenvalue weighted by molar-refractivity contribution is 7.89. The average molecular weight is 411 g/mol. The van der Waals surface area contributed by atoms with Crippen LogP contribution in [0.25, 0.3) is 0 Å². The van der Waals surface area contributed by atoms with Gasteiger partial charge in [0.15, 0.2) is 6.61 Å². The number of nitrogens with one attached hydrogen (secondary N) is 3. The van der Waals surface area contributed by atoms with Crippen molar-refractivity contribution >= 4 is 33.5 Å². The van der Waals surface area contributed by atoms with Crippen LogP contribution in [0.3, 0.4) is 0 Å². The molecule has 10 heteroatoms. The fourth-order valence-corrected chi connectivity index (χ4v) is 3.88. The molecule has 0 radical (unpaired) electrons. The van der Waals surface area contributed by atoms with Gasteiger partial charge in [-0.25, -0.2) is 13.1 Å². The minimum absolute atomic E-state index is 0.00547. The highest BCUT2D eigenvalue weighted by Crippen LogP contribution is 2.17. The van der Waals surface area contributed by atoms with Gasteiger partial charge in [0.2, 0.25) is 15.9 Å². The molecule has 0 spiro atoms. The molecule has 1 aromatic carbocycles. The molecule has 1 aliphatic rings. The summed E-state index contributed by atoms with van der Waals surface area (Å²) in [5, 5.41) is 5.34. The molecule has 0 saturated heterocycles. The second-order valence-electron chi connectivity index (χ2n) is 6.56. The maximum absolute atomic E-state index is 12.2. The Morgan fingerprint density at radius 1 is 1.11 bits per heavy atom. The van der Waals surface area contributed by atoms with Crippen LogP contribution in [0.5, 0.6) is 0 Å². The highest BCUT2D eigenvalue weighted by Gasteiger charge is 2.18. The van der Waals surface area contributed by atoms with Crippen LogP contribution in [0.15, 0.2) is 29.2 Å². The van der Waals surface area contributed by atoms with Crippen LogP contribution in [0.4, 0.5) is 5.69 Å². The first kappa shape index (κ1) is 21.8. The molecule has 0 aliphatic heterocycles. The Hall–Kier alpha value is -2.46. The monoisotopic (exact) mass is 411 g/mol. The molecule has 0 heterocycles. The summed E-state index contributed by atoms with van der Waals surface area (Å²) in [7, 11) is -3.80. The summed E-state index contributed by atoms with van der Waals surface area (Å²) < 4.78 is 31.5. The number of sulfonamides is 1. The topological polar surface area (TPSA) is 131 Å². The standard InChI is InChI=1S/C18H25N3O6S/c1-13(22)20-15-6-8-16(9-7-15)28(25,26)19-11-10-18(24)27-12-17(23)21-14-4-2-3-5-14/h6-9,14,19H,2-5,10-12H2,1H3,(H,20,22)(H,21,23). The van der Waals surface area contributed by atoms with Crippen molar-refractivity contribution in [2.45, 2.75) is 50.0 Å². The Kier molecular flexibility index (Phi) is 7.94. The van der Waals surface area contributed by atoms with Crippen LogP contribution < -0.4 is 15.4 Å². The number of rotatable bonds is 9. The third kappa shape index (κ3) is 7.28. The van der Waals surface area contributed by atoms with Gasteiger partial charge in [0, 0.05) is 25.2 Å². The zero-order valence-electron chi connectivity index (χ0n) is 15.7. The molecule has 9 nitrogen and oxygen atoms in total. The third-order valence-corrected chi connectivity index (χ3v) is 5.67. The molecule has 0 unspecified atom stereocenters. The fourth-order valence-electron chi connectivity index (χ4n) is 2.85. The van der Waals surface area contributed by atoms with Gasteiger partial charge in [0.1, 0.15) is 0 Å². The highest BCUT2D eigenvalue weighted by atomic mass is 32.2. The van der Waals surface area contributed by atoms with Crippen molar-refractivity contribution in [3.63, 3.8) is 0 Å². The number of hydrogen-bond acceptors (Lipinski definition) is 6. The summed E-state index contributed by atoms with van der Waals surface area (Å²) in [6.45, 7) is 0.829. The van der Waals surface area contributed by atoms with Crippen molar-refractivity contribution in [1.29, 1.82) is 0 Å². The van der Waals surface area contributed by atoms with E-state index < -0.39 is 16.0 Å².